The van der Waals surface area contributed by atoms with Crippen molar-refractivity contribution in [1.29, 1.82) is 0 Å². The molecule has 0 spiro atoms. The Bertz CT molecular complexity index is 561. The highest BCUT2D eigenvalue weighted by atomic mass is 79.9. The number of allylic oxidation sites excluding steroid dienone is 3. The highest BCUT2D eigenvalue weighted by molar-refractivity contribution is 9.11. The maximum Gasteiger partial charge on any atom is 0.310 e. The number of halogens is 1. The van der Waals surface area contributed by atoms with Crippen molar-refractivity contribution >= 4 is 33.7 Å². The quantitative estimate of drug-likeness (QED) is 0.322. The topological polar surface area (TPSA) is 120 Å². The van der Waals surface area contributed by atoms with Crippen molar-refractivity contribution in [2.24, 2.45) is 5.73 Å². The molecule has 0 aromatic rings. The highest BCUT2D eigenvalue weighted by Gasteiger charge is 2.37. The third-order valence-electron chi connectivity index (χ3n) is 3.19. The lowest BCUT2D eigenvalue weighted by Crippen LogP contribution is -2.51. The number of cyclic esters (lactones) is 1. The smallest absolute Gasteiger partial charge is 0.310 e. The van der Waals surface area contributed by atoms with Gasteiger partial charge in [0.2, 0.25) is 12.2 Å². The summed E-state index contributed by atoms with van der Waals surface area (Å²) >= 11 is 3.21. The summed E-state index contributed by atoms with van der Waals surface area (Å²) in [4.78, 5) is 35.4. The second-order valence-electron chi connectivity index (χ2n) is 5.10. The lowest BCUT2D eigenvalue weighted by Gasteiger charge is -2.21. The molecule has 3 atom stereocenters. The van der Waals surface area contributed by atoms with Gasteiger partial charge in [-0.15, -0.1) is 0 Å². The average Bonchev–Trinajstić information content (AvgIpc) is 2.86. The molecule has 0 aromatic carbocycles. The Hall–Kier alpha value is -1.87. The van der Waals surface area contributed by atoms with Gasteiger partial charge in [0.1, 0.15) is 12.1 Å². The third-order valence-corrected chi connectivity index (χ3v) is 3.88. The molecule has 3 unspecified atom stereocenters. The highest BCUT2D eigenvalue weighted by Crippen LogP contribution is 2.16. The Balaban J connectivity index is 2.60. The molecule has 4 N–H and O–H groups in total. The predicted molar refractivity (Wildman–Crippen MR) is 90.6 cm³/mol. The zero-order valence-corrected chi connectivity index (χ0v) is 15.4. The number of hydrogen-bond acceptors (Lipinski definition) is 6. The fraction of sp³-hybridized carbons (Fsp3) is 0.533. The van der Waals surface area contributed by atoms with Crippen LogP contribution in [0, 0.1) is 0 Å². The number of nitrogens with one attached hydrogen (secondary N) is 2. The van der Waals surface area contributed by atoms with E-state index >= 15 is 0 Å². The molecule has 8 nitrogen and oxygen atoms in total. The van der Waals surface area contributed by atoms with Crippen LogP contribution in [0.15, 0.2) is 22.3 Å². The molecular formula is C15H22BrN3O5. The standard InChI is InChI=1S/C15H22BrN3O5/c1-4-9(16)6-10(17)14(22)18-8(3)13(21)19-11-7-12(20)24-15(11)23-5-2/h4,6,8,11,15H,5,7,17H2,1-3H3,(H,18,22)(H,19,21)/b9-4+,10-6+. The molecule has 1 fully saturated rings. The normalized spacial score (nSPS) is 22.8. The molecule has 134 valence electrons. The van der Waals surface area contributed by atoms with Crippen molar-refractivity contribution in [3.63, 3.8) is 0 Å². The molecule has 24 heavy (non-hydrogen) atoms. The van der Waals surface area contributed by atoms with E-state index in [9.17, 15) is 14.4 Å². The van der Waals surface area contributed by atoms with Gasteiger partial charge in [0.15, 0.2) is 0 Å². The number of carbonyl (C=O) groups excluding carboxylic acids is 3. The van der Waals surface area contributed by atoms with Crippen molar-refractivity contribution in [3.8, 4) is 0 Å². The van der Waals surface area contributed by atoms with Gasteiger partial charge in [-0.1, -0.05) is 22.0 Å². The predicted octanol–water partition coefficient (Wildman–Crippen LogP) is 0.427. The molecule has 1 aliphatic heterocycles. The summed E-state index contributed by atoms with van der Waals surface area (Å²) in [5, 5.41) is 5.12. The number of amides is 2. The number of hydrogen-bond donors (Lipinski definition) is 3. The van der Waals surface area contributed by atoms with Gasteiger partial charge in [0.25, 0.3) is 5.91 Å². The van der Waals surface area contributed by atoms with E-state index in [1.165, 1.54) is 13.0 Å². The zero-order chi connectivity index (χ0) is 18.3. The summed E-state index contributed by atoms with van der Waals surface area (Å²) in [6, 6.07) is -1.43. The Morgan fingerprint density at radius 2 is 2.21 bits per heavy atom. The number of carbonyl (C=O) groups is 3. The van der Waals surface area contributed by atoms with Crippen molar-refractivity contribution in [3.05, 3.63) is 22.3 Å². The van der Waals surface area contributed by atoms with E-state index in [0.717, 1.165) is 0 Å². The minimum Gasteiger partial charge on any atom is -0.433 e. The van der Waals surface area contributed by atoms with E-state index < -0.39 is 36.2 Å². The number of esters is 1. The number of rotatable bonds is 7. The monoisotopic (exact) mass is 403 g/mol. The first-order valence-electron chi connectivity index (χ1n) is 7.49. The van der Waals surface area contributed by atoms with Gasteiger partial charge in [0.05, 0.1) is 12.1 Å². The van der Waals surface area contributed by atoms with Crippen molar-refractivity contribution in [1.82, 2.24) is 10.6 Å². The van der Waals surface area contributed by atoms with Crippen LogP contribution < -0.4 is 16.4 Å². The molecule has 1 rings (SSSR count). The maximum atomic E-state index is 12.2. The van der Waals surface area contributed by atoms with Gasteiger partial charge in [-0.25, -0.2) is 0 Å². The van der Waals surface area contributed by atoms with Crippen LogP contribution in [0.2, 0.25) is 0 Å². The second kappa shape index (κ2) is 9.43. The first-order valence-corrected chi connectivity index (χ1v) is 8.29. The Labute approximate surface area is 148 Å². The van der Waals surface area contributed by atoms with Crippen molar-refractivity contribution < 1.29 is 23.9 Å². The minimum atomic E-state index is -0.841. The molecule has 0 saturated carbocycles. The van der Waals surface area contributed by atoms with Gasteiger partial charge in [-0.05, 0) is 26.8 Å². The lowest BCUT2D eigenvalue weighted by molar-refractivity contribution is -0.164. The van der Waals surface area contributed by atoms with Gasteiger partial charge < -0.3 is 25.8 Å². The minimum absolute atomic E-state index is 0.0212. The summed E-state index contributed by atoms with van der Waals surface area (Å²) in [5.74, 6) is -1.48. The van der Waals surface area contributed by atoms with Gasteiger partial charge in [-0.3, -0.25) is 14.4 Å². The van der Waals surface area contributed by atoms with Gasteiger partial charge in [0, 0.05) is 11.1 Å². The summed E-state index contributed by atoms with van der Waals surface area (Å²) in [5.41, 5.74) is 5.61. The van der Waals surface area contributed by atoms with Crippen LogP contribution >= 0.6 is 15.9 Å². The van der Waals surface area contributed by atoms with Crippen LogP contribution in [0.4, 0.5) is 0 Å². The number of ether oxygens (including phenoxy) is 2. The molecule has 1 heterocycles. The van der Waals surface area contributed by atoms with Crippen LogP contribution in [0.1, 0.15) is 27.2 Å². The van der Waals surface area contributed by atoms with E-state index in [4.69, 9.17) is 15.2 Å². The molecule has 0 bridgehead atoms. The summed E-state index contributed by atoms with van der Waals surface area (Å²) in [6.45, 7) is 5.39. The molecular weight excluding hydrogens is 382 g/mol. The van der Waals surface area contributed by atoms with E-state index in [-0.39, 0.29) is 12.1 Å². The van der Waals surface area contributed by atoms with E-state index in [2.05, 4.69) is 26.6 Å². The SMILES string of the molecule is C/C=C(Br)\C=C(\N)C(=O)NC(C)C(=O)NC1CC(=O)OC1OCC. The first-order chi connectivity index (χ1) is 11.3. The van der Waals surface area contributed by atoms with E-state index in [1.54, 1.807) is 19.9 Å². The summed E-state index contributed by atoms with van der Waals surface area (Å²) in [6.07, 6.45) is 2.37. The average molecular weight is 404 g/mol. The maximum absolute atomic E-state index is 12.2. The van der Waals surface area contributed by atoms with Crippen LogP contribution in [-0.4, -0.2) is 42.8 Å². The Morgan fingerprint density at radius 3 is 2.79 bits per heavy atom. The molecule has 0 aliphatic carbocycles. The molecule has 1 saturated heterocycles. The van der Waals surface area contributed by atoms with Gasteiger partial charge in [-0.2, -0.15) is 0 Å². The number of nitrogens with two attached hydrogens (primary N) is 1. The zero-order valence-electron chi connectivity index (χ0n) is 13.8. The molecule has 1 aliphatic rings. The van der Waals surface area contributed by atoms with Gasteiger partial charge >= 0.3 is 5.97 Å². The lowest BCUT2D eigenvalue weighted by atomic mass is 10.2. The Kier molecular flexibility index (Phi) is 7.93. The molecule has 0 radical (unpaired) electrons. The third kappa shape index (κ3) is 5.97. The van der Waals surface area contributed by atoms with Crippen LogP contribution in [0.5, 0.6) is 0 Å². The second-order valence-corrected chi connectivity index (χ2v) is 6.02. The fourth-order valence-electron chi connectivity index (χ4n) is 1.92. The van der Waals surface area contributed by atoms with Crippen LogP contribution in [-0.2, 0) is 23.9 Å². The molecule has 0 aromatic heterocycles. The first kappa shape index (κ1) is 20.2. The van der Waals surface area contributed by atoms with Crippen molar-refractivity contribution in [2.75, 3.05) is 6.61 Å². The van der Waals surface area contributed by atoms with E-state index in [1.807, 2.05) is 0 Å². The summed E-state index contributed by atoms with van der Waals surface area (Å²) < 4.78 is 10.9. The molecule has 2 amide bonds. The van der Waals surface area contributed by atoms with Crippen molar-refractivity contribution in [2.45, 2.75) is 45.6 Å². The fourth-order valence-corrected chi connectivity index (χ4v) is 2.17. The van der Waals surface area contributed by atoms with Crippen LogP contribution in [0.25, 0.3) is 0 Å². The van der Waals surface area contributed by atoms with E-state index in [0.29, 0.717) is 11.1 Å². The summed E-state index contributed by atoms with van der Waals surface area (Å²) in [7, 11) is 0. The molecule has 9 heteroatoms. The largest absolute Gasteiger partial charge is 0.433 e. The van der Waals surface area contributed by atoms with Crippen LogP contribution in [0.3, 0.4) is 0 Å². The Morgan fingerprint density at radius 1 is 1.54 bits per heavy atom.